The van der Waals surface area contributed by atoms with Gasteiger partial charge in [0.25, 0.3) is 0 Å². The van der Waals surface area contributed by atoms with Gasteiger partial charge in [0.2, 0.25) is 0 Å². The van der Waals surface area contributed by atoms with E-state index in [4.69, 9.17) is 10.8 Å². The SMILES string of the molecule is Cc1cc([C@H](N)CO)c(C)n1C(C)C. The highest BCUT2D eigenvalue weighted by atomic mass is 16.3. The molecule has 0 unspecified atom stereocenters. The van der Waals surface area contributed by atoms with E-state index < -0.39 is 0 Å². The minimum absolute atomic E-state index is 0.00237. The van der Waals surface area contributed by atoms with E-state index in [1.165, 1.54) is 11.4 Å². The zero-order valence-corrected chi connectivity index (χ0v) is 9.41. The topological polar surface area (TPSA) is 51.2 Å². The van der Waals surface area contributed by atoms with E-state index in [1.54, 1.807) is 0 Å². The summed E-state index contributed by atoms with van der Waals surface area (Å²) in [5, 5.41) is 9.02. The van der Waals surface area contributed by atoms with E-state index >= 15 is 0 Å². The molecular formula is C11H20N2O. The molecule has 1 aromatic heterocycles. The third kappa shape index (κ3) is 1.83. The first-order valence-corrected chi connectivity index (χ1v) is 5.03. The van der Waals surface area contributed by atoms with Crippen LogP contribution in [0.5, 0.6) is 0 Å². The maximum absolute atomic E-state index is 9.02. The van der Waals surface area contributed by atoms with Gasteiger partial charge in [0.15, 0.2) is 0 Å². The van der Waals surface area contributed by atoms with E-state index in [2.05, 4.69) is 38.3 Å². The lowest BCUT2D eigenvalue weighted by Crippen LogP contribution is -2.15. The molecule has 0 aliphatic heterocycles. The van der Waals surface area contributed by atoms with Crippen molar-refractivity contribution >= 4 is 0 Å². The van der Waals surface area contributed by atoms with Crippen molar-refractivity contribution in [3.63, 3.8) is 0 Å². The van der Waals surface area contributed by atoms with E-state index in [1.807, 2.05) is 0 Å². The molecule has 0 saturated heterocycles. The predicted octanol–water partition coefficient (Wildman–Crippen LogP) is 1.68. The van der Waals surface area contributed by atoms with Crippen molar-refractivity contribution in [1.82, 2.24) is 4.57 Å². The number of hydrogen-bond acceptors (Lipinski definition) is 2. The van der Waals surface area contributed by atoms with Crippen LogP contribution in [-0.4, -0.2) is 16.3 Å². The first kappa shape index (κ1) is 11.3. The van der Waals surface area contributed by atoms with Crippen LogP contribution in [0.2, 0.25) is 0 Å². The van der Waals surface area contributed by atoms with Crippen molar-refractivity contribution in [1.29, 1.82) is 0 Å². The quantitative estimate of drug-likeness (QED) is 0.772. The molecular weight excluding hydrogens is 176 g/mol. The summed E-state index contributed by atoms with van der Waals surface area (Å²) in [4.78, 5) is 0. The van der Waals surface area contributed by atoms with Crippen LogP contribution in [0, 0.1) is 13.8 Å². The van der Waals surface area contributed by atoms with Crippen molar-refractivity contribution in [2.45, 2.75) is 39.8 Å². The molecule has 0 aliphatic carbocycles. The van der Waals surface area contributed by atoms with E-state index in [0.29, 0.717) is 6.04 Å². The van der Waals surface area contributed by atoms with Gasteiger partial charge in [-0.05, 0) is 39.3 Å². The normalized spacial score (nSPS) is 13.6. The standard InChI is InChI=1S/C11H20N2O/c1-7(2)13-8(3)5-10(9(13)4)11(12)6-14/h5,7,11,14H,6,12H2,1-4H3/t11-/m1/s1. The summed E-state index contributed by atoms with van der Waals surface area (Å²) in [7, 11) is 0. The molecule has 0 aliphatic rings. The van der Waals surface area contributed by atoms with Crippen molar-refractivity contribution in [3.8, 4) is 0 Å². The Morgan fingerprint density at radius 3 is 2.36 bits per heavy atom. The minimum atomic E-state index is -0.256. The van der Waals surface area contributed by atoms with Crippen LogP contribution in [-0.2, 0) is 0 Å². The van der Waals surface area contributed by atoms with E-state index in [0.717, 1.165) is 5.56 Å². The molecule has 0 fully saturated rings. The summed E-state index contributed by atoms with van der Waals surface area (Å²) in [6.07, 6.45) is 0. The van der Waals surface area contributed by atoms with Gasteiger partial charge in [-0.3, -0.25) is 0 Å². The summed E-state index contributed by atoms with van der Waals surface area (Å²) in [6, 6.07) is 2.25. The molecule has 0 radical (unpaired) electrons. The first-order valence-electron chi connectivity index (χ1n) is 5.03. The largest absolute Gasteiger partial charge is 0.394 e. The number of aryl methyl sites for hydroxylation is 1. The maximum Gasteiger partial charge on any atom is 0.0625 e. The lowest BCUT2D eigenvalue weighted by Gasteiger charge is -2.15. The molecule has 14 heavy (non-hydrogen) atoms. The van der Waals surface area contributed by atoms with Gasteiger partial charge in [0.05, 0.1) is 12.6 Å². The number of rotatable bonds is 3. The second kappa shape index (κ2) is 4.15. The number of aliphatic hydroxyl groups excluding tert-OH is 1. The molecule has 0 saturated carbocycles. The van der Waals surface area contributed by atoms with Gasteiger partial charge in [-0.25, -0.2) is 0 Å². The number of hydrogen-bond donors (Lipinski definition) is 2. The molecule has 80 valence electrons. The van der Waals surface area contributed by atoms with Crippen LogP contribution < -0.4 is 5.73 Å². The molecule has 0 amide bonds. The zero-order chi connectivity index (χ0) is 10.9. The molecule has 1 aromatic rings. The third-order valence-electron chi connectivity index (χ3n) is 2.64. The van der Waals surface area contributed by atoms with Gasteiger partial charge in [-0.15, -0.1) is 0 Å². The fraction of sp³-hybridized carbons (Fsp3) is 0.636. The first-order chi connectivity index (χ1) is 6.49. The molecule has 1 rings (SSSR count). The summed E-state index contributed by atoms with van der Waals surface area (Å²) in [5.74, 6) is 0. The lowest BCUT2D eigenvalue weighted by molar-refractivity contribution is 0.267. The van der Waals surface area contributed by atoms with Gasteiger partial charge in [0, 0.05) is 17.4 Å². The Hall–Kier alpha value is -0.800. The molecule has 3 nitrogen and oxygen atoms in total. The highest BCUT2D eigenvalue weighted by molar-refractivity contribution is 5.30. The molecule has 0 bridgehead atoms. The van der Waals surface area contributed by atoms with Crippen molar-refractivity contribution < 1.29 is 5.11 Å². The average Bonchev–Trinajstić information content (AvgIpc) is 2.40. The number of nitrogens with zero attached hydrogens (tertiary/aromatic N) is 1. The maximum atomic E-state index is 9.02. The Bertz CT molecular complexity index is 315. The molecule has 1 atom stereocenters. The monoisotopic (exact) mass is 196 g/mol. The van der Waals surface area contributed by atoms with Crippen molar-refractivity contribution in [2.24, 2.45) is 5.73 Å². The summed E-state index contributed by atoms with van der Waals surface area (Å²) >= 11 is 0. The zero-order valence-electron chi connectivity index (χ0n) is 9.41. The molecule has 3 N–H and O–H groups in total. The molecule has 0 spiro atoms. The Morgan fingerprint density at radius 1 is 1.43 bits per heavy atom. The van der Waals surface area contributed by atoms with Gasteiger partial charge >= 0.3 is 0 Å². The van der Waals surface area contributed by atoms with Crippen LogP contribution in [0.15, 0.2) is 6.07 Å². The highest BCUT2D eigenvalue weighted by Gasteiger charge is 2.15. The fourth-order valence-corrected chi connectivity index (χ4v) is 2.07. The van der Waals surface area contributed by atoms with Crippen molar-refractivity contribution in [3.05, 3.63) is 23.0 Å². The number of aromatic nitrogens is 1. The highest BCUT2D eigenvalue weighted by Crippen LogP contribution is 2.23. The Morgan fingerprint density at radius 2 is 2.00 bits per heavy atom. The van der Waals surface area contributed by atoms with Crippen LogP contribution in [0.25, 0.3) is 0 Å². The fourth-order valence-electron chi connectivity index (χ4n) is 2.07. The van der Waals surface area contributed by atoms with Crippen molar-refractivity contribution in [2.75, 3.05) is 6.61 Å². The Kier molecular flexibility index (Phi) is 3.34. The predicted molar refractivity (Wildman–Crippen MR) is 58.3 cm³/mol. The molecule has 1 heterocycles. The van der Waals surface area contributed by atoms with Crippen LogP contribution in [0.4, 0.5) is 0 Å². The lowest BCUT2D eigenvalue weighted by atomic mass is 10.1. The van der Waals surface area contributed by atoms with Gasteiger partial charge in [-0.2, -0.15) is 0 Å². The van der Waals surface area contributed by atoms with E-state index in [-0.39, 0.29) is 12.6 Å². The average molecular weight is 196 g/mol. The number of nitrogens with two attached hydrogens (primary N) is 1. The van der Waals surface area contributed by atoms with Crippen LogP contribution in [0.1, 0.15) is 42.9 Å². The number of aliphatic hydroxyl groups is 1. The van der Waals surface area contributed by atoms with E-state index in [9.17, 15) is 0 Å². The van der Waals surface area contributed by atoms with Crippen LogP contribution in [0.3, 0.4) is 0 Å². The summed E-state index contributed by atoms with van der Waals surface area (Å²) < 4.78 is 2.24. The summed E-state index contributed by atoms with van der Waals surface area (Å²) in [6.45, 7) is 8.42. The smallest absolute Gasteiger partial charge is 0.0625 e. The van der Waals surface area contributed by atoms with Gasteiger partial charge in [0.1, 0.15) is 0 Å². The van der Waals surface area contributed by atoms with Crippen LogP contribution >= 0.6 is 0 Å². The van der Waals surface area contributed by atoms with Gasteiger partial charge < -0.3 is 15.4 Å². The Balaban J connectivity index is 3.16. The Labute approximate surface area is 85.5 Å². The summed E-state index contributed by atoms with van der Waals surface area (Å²) in [5.41, 5.74) is 9.24. The molecule has 3 heteroatoms. The van der Waals surface area contributed by atoms with Gasteiger partial charge in [-0.1, -0.05) is 0 Å². The second-order valence-electron chi connectivity index (χ2n) is 4.08. The third-order valence-corrected chi connectivity index (χ3v) is 2.64. The minimum Gasteiger partial charge on any atom is -0.394 e. The second-order valence-corrected chi connectivity index (χ2v) is 4.08. The molecule has 0 aromatic carbocycles.